The number of nitrogens with one attached hydrogen (secondary N) is 1. The Morgan fingerprint density at radius 1 is 1.52 bits per heavy atom. The minimum absolute atomic E-state index is 0.00686. The van der Waals surface area contributed by atoms with Gasteiger partial charge in [-0.25, -0.2) is 13.4 Å². The highest BCUT2D eigenvalue weighted by Gasteiger charge is 2.36. The van der Waals surface area contributed by atoms with Crippen LogP contribution in [0.4, 0.5) is 5.82 Å². The van der Waals surface area contributed by atoms with E-state index in [0.717, 1.165) is 11.5 Å². The SMILES string of the molecule is CCNc1nc2sccn2c1S(=O)(=O)N1CCSCC1C. The number of anilines is 1. The molecule has 3 heterocycles. The average molecular weight is 347 g/mol. The third-order valence-corrected chi connectivity index (χ3v) is 7.41. The highest BCUT2D eigenvalue weighted by Crippen LogP contribution is 2.31. The van der Waals surface area contributed by atoms with Crippen molar-refractivity contribution in [3.8, 4) is 0 Å². The number of hydrogen-bond donors (Lipinski definition) is 1. The maximum Gasteiger partial charge on any atom is 0.263 e. The van der Waals surface area contributed by atoms with Crippen LogP contribution in [-0.4, -0.2) is 52.7 Å². The molecule has 0 saturated carbocycles. The number of aromatic nitrogens is 2. The fraction of sp³-hybridized carbons (Fsp3) is 0.583. The zero-order valence-corrected chi connectivity index (χ0v) is 14.4. The van der Waals surface area contributed by atoms with Gasteiger partial charge in [-0.1, -0.05) is 0 Å². The van der Waals surface area contributed by atoms with Crippen molar-refractivity contribution in [3.63, 3.8) is 0 Å². The fourth-order valence-corrected chi connectivity index (χ4v) is 6.33. The van der Waals surface area contributed by atoms with Gasteiger partial charge in [0.2, 0.25) is 0 Å². The molecule has 0 bridgehead atoms. The van der Waals surface area contributed by atoms with Gasteiger partial charge in [0.1, 0.15) is 0 Å². The summed E-state index contributed by atoms with van der Waals surface area (Å²) in [4.78, 5) is 5.11. The van der Waals surface area contributed by atoms with Gasteiger partial charge in [0.05, 0.1) is 0 Å². The Labute approximate surface area is 132 Å². The van der Waals surface area contributed by atoms with Crippen molar-refractivity contribution in [3.05, 3.63) is 11.6 Å². The van der Waals surface area contributed by atoms with Crippen LogP contribution in [-0.2, 0) is 10.0 Å². The van der Waals surface area contributed by atoms with Crippen molar-refractivity contribution in [1.29, 1.82) is 0 Å². The van der Waals surface area contributed by atoms with Gasteiger partial charge >= 0.3 is 0 Å². The lowest BCUT2D eigenvalue weighted by Crippen LogP contribution is -2.44. The summed E-state index contributed by atoms with van der Waals surface area (Å²) >= 11 is 3.23. The van der Waals surface area contributed by atoms with Crippen LogP contribution in [0.5, 0.6) is 0 Å². The van der Waals surface area contributed by atoms with Crippen LogP contribution in [0.1, 0.15) is 13.8 Å². The molecule has 2 aromatic heterocycles. The van der Waals surface area contributed by atoms with Crippen LogP contribution in [0.15, 0.2) is 16.6 Å². The quantitative estimate of drug-likeness (QED) is 0.917. The topological polar surface area (TPSA) is 66.7 Å². The van der Waals surface area contributed by atoms with E-state index in [0.29, 0.717) is 23.9 Å². The first-order valence-corrected chi connectivity index (χ1v) is 10.3. The number of rotatable bonds is 4. The smallest absolute Gasteiger partial charge is 0.263 e. The van der Waals surface area contributed by atoms with Crippen LogP contribution in [0.25, 0.3) is 4.96 Å². The predicted octanol–water partition coefficient (Wildman–Crippen LogP) is 1.95. The molecule has 0 aromatic carbocycles. The van der Waals surface area contributed by atoms with Gasteiger partial charge in [0, 0.05) is 42.2 Å². The zero-order valence-electron chi connectivity index (χ0n) is 11.9. The Morgan fingerprint density at radius 3 is 3.05 bits per heavy atom. The lowest BCUT2D eigenvalue weighted by molar-refractivity contribution is 0.366. The minimum atomic E-state index is -3.55. The average Bonchev–Trinajstić information content (AvgIpc) is 2.99. The largest absolute Gasteiger partial charge is 0.368 e. The molecule has 1 N–H and O–H groups in total. The normalized spacial score (nSPS) is 21.0. The first kappa shape index (κ1) is 15.1. The van der Waals surface area contributed by atoms with Crippen LogP contribution in [0, 0.1) is 0 Å². The molecule has 0 amide bonds. The number of hydrogen-bond acceptors (Lipinski definition) is 6. The lowest BCUT2D eigenvalue weighted by atomic mass is 10.4. The first-order chi connectivity index (χ1) is 10.1. The molecule has 3 rings (SSSR count). The van der Waals surface area contributed by atoms with Crippen molar-refractivity contribution in [2.75, 3.05) is 29.9 Å². The molecular weight excluding hydrogens is 328 g/mol. The van der Waals surface area contributed by atoms with Crippen molar-refractivity contribution < 1.29 is 8.42 Å². The number of imidazole rings is 1. The van der Waals surface area contributed by atoms with Crippen molar-refractivity contribution >= 4 is 43.9 Å². The second kappa shape index (κ2) is 5.79. The molecule has 21 heavy (non-hydrogen) atoms. The van der Waals surface area contributed by atoms with E-state index < -0.39 is 10.0 Å². The van der Waals surface area contributed by atoms with Gasteiger partial charge in [-0.15, -0.1) is 11.3 Å². The van der Waals surface area contributed by atoms with Crippen LogP contribution < -0.4 is 5.32 Å². The molecule has 116 valence electrons. The Morgan fingerprint density at radius 2 is 2.33 bits per heavy atom. The minimum Gasteiger partial charge on any atom is -0.368 e. The standard InChI is InChI=1S/C12H18N4O2S3/c1-3-13-10-11(15-4-7-20-12(15)14-10)21(17,18)16-5-6-19-8-9(16)2/h4,7,9,13H,3,5-6,8H2,1-2H3. The van der Waals surface area contributed by atoms with E-state index in [1.165, 1.54) is 11.3 Å². The number of fused-ring (bicyclic) bond motifs is 1. The van der Waals surface area contributed by atoms with Gasteiger partial charge < -0.3 is 5.32 Å². The molecule has 9 heteroatoms. The van der Waals surface area contributed by atoms with E-state index in [2.05, 4.69) is 10.3 Å². The molecule has 1 fully saturated rings. The van der Waals surface area contributed by atoms with Gasteiger partial charge in [-0.05, 0) is 13.8 Å². The molecule has 1 atom stereocenters. The first-order valence-electron chi connectivity index (χ1n) is 6.84. The number of nitrogens with zero attached hydrogens (tertiary/aromatic N) is 3. The summed E-state index contributed by atoms with van der Waals surface area (Å²) in [5.74, 6) is 2.13. The Hall–Kier alpha value is -0.770. The second-order valence-corrected chi connectivity index (χ2v) is 8.72. The zero-order chi connectivity index (χ0) is 15.0. The van der Waals surface area contributed by atoms with Crippen molar-refractivity contribution in [2.24, 2.45) is 0 Å². The molecule has 0 spiro atoms. The third kappa shape index (κ3) is 2.56. The molecule has 1 unspecified atom stereocenters. The monoisotopic (exact) mass is 346 g/mol. The van der Waals surface area contributed by atoms with Crippen molar-refractivity contribution in [1.82, 2.24) is 13.7 Å². The van der Waals surface area contributed by atoms with Gasteiger partial charge in [-0.2, -0.15) is 16.1 Å². The predicted molar refractivity (Wildman–Crippen MR) is 87.9 cm³/mol. The van der Waals surface area contributed by atoms with Gasteiger partial charge in [0.15, 0.2) is 15.8 Å². The number of thioether (sulfide) groups is 1. The Bertz CT molecular complexity index is 737. The van der Waals surface area contributed by atoms with Crippen LogP contribution in [0.3, 0.4) is 0 Å². The third-order valence-electron chi connectivity index (χ3n) is 3.42. The van der Waals surface area contributed by atoms with Gasteiger partial charge in [-0.3, -0.25) is 4.40 Å². The number of thiazole rings is 1. The summed E-state index contributed by atoms with van der Waals surface area (Å²) in [5.41, 5.74) is 0. The van der Waals surface area contributed by atoms with E-state index in [4.69, 9.17) is 0 Å². The molecule has 1 aliphatic rings. The van der Waals surface area contributed by atoms with Crippen LogP contribution in [0.2, 0.25) is 0 Å². The highest BCUT2D eigenvalue weighted by atomic mass is 32.2. The summed E-state index contributed by atoms with van der Waals surface area (Å²) in [6.45, 7) is 5.09. The van der Waals surface area contributed by atoms with E-state index in [-0.39, 0.29) is 11.1 Å². The molecular formula is C12H18N4O2S3. The Balaban J connectivity index is 2.12. The molecule has 1 saturated heterocycles. The molecule has 6 nitrogen and oxygen atoms in total. The van der Waals surface area contributed by atoms with E-state index in [9.17, 15) is 8.42 Å². The molecule has 2 aromatic rings. The van der Waals surface area contributed by atoms with Crippen molar-refractivity contribution in [2.45, 2.75) is 24.9 Å². The van der Waals surface area contributed by atoms with Crippen LogP contribution >= 0.6 is 23.1 Å². The van der Waals surface area contributed by atoms with Gasteiger partial charge in [0.25, 0.3) is 10.0 Å². The molecule has 0 radical (unpaired) electrons. The second-order valence-electron chi connectivity index (χ2n) is 4.89. The summed E-state index contributed by atoms with van der Waals surface area (Å²) in [5, 5.41) is 5.19. The summed E-state index contributed by atoms with van der Waals surface area (Å²) in [6.07, 6.45) is 1.77. The maximum atomic E-state index is 13.1. The summed E-state index contributed by atoms with van der Waals surface area (Å²) in [7, 11) is -3.55. The Kier molecular flexibility index (Phi) is 4.17. The highest BCUT2D eigenvalue weighted by molar-refractivity contribution is 7.99. The lowest BCUT2D eigenvalue weighted by Gasteiger charge is -2.31. The van der Waals surface area contributed by atoms with E-state index in [1.54, 1.807) is 26.7 Å². The summed E-state index contributed by atoms with van der Waals surface area (Å²) < 4.78 is 29.4. The maximum absolute atomic E-state index is 13.1. The fourth-order valence-electron chi connectivity index (χ4n) is 2.47. The van der Waals surface area contributed by atoms with E-state index in [1.807, 2.05) is 19.2 Å². The molecule has 0 aliphatic carbocycles. The molecule has 1 aliphatic heterocycles. The van der Waals surface area contributed by atoms with E-state index >= 15 is 0 Å². The number of sulfonamides is 1. The summed E-state index contributed by atoms with van der Waals surface area (Å²) in [6, 6.07) is 0.00686.